The van der Waals surface area contributed by atoms with Crippen LogP contribution in [0.1, 0.15) is 90.1 Å². The highest BCUT2D eigenvalue weighted by Crippen LogP contribution is 2.33. The Balaban J connectivity index is 1.37. The second-order valence-electron chi connectivity index (χ2n) is 11.5. The first-order valence-electron chi connectivity index (χ1n) is 15.5. The van der Waals surface area contributed by atoms with Gasteiger partial charge in [0.2, 0.25) is 5.88 Å². The van der Waals surface area contributed by atoms with Crippen molar-refractivity contribution in [3.05, 3.63) is 87.3 Å². The van der Waals surface area contributed by atoms with E-state index in [1.165, 1.54) is 38.7 Å². The first kappa shape index (κ1) is 31.2. The Hall–Kier alpha value is -4.24. The highest BCUT2D eigenvalue weighted by atomic mass is 16.5. The van der Waals surface area contributed by atoms with Crippen LogP contribution >= 0.6 is 0 Å². The maximum absolute atomic E-state index is 13.5. The molecule has 1 amide bonds. The van der Waals surface area contributed by atoms with Gasteiger partial charge in [-0.05, 0) is 113 Å². The number of rotatable bonds is 10. The van der Waals surface area contributed by atoms with Crippen molar-refractivity contribution in [2.24, 2.45) is 0 Å². The molecule has 5 rings (SSSR count). The van der Waals surface area contributed by atoms with Crippen molar-refractivity contribution in [2.45, 2.75) is 72.8 Å². The van der Waals surface area contributed by atoms with Crippen molar-refractivity contribution in [1.29, 1.82) is 0 Å². The number of hydrogen-bond acceptors (Lipinski definition) is 6. The fourth-order valence-corrected chi connectivity index (χ4v) is 6.44. The molecule has 1 saturated heterocycles. The number of aryl methyl sites for hydroxylation is 1. The van der Waals surface area contributed by atoms with Crippen LogP contribution in [0.15, 0.2) is 53.8 Å². The number of carbonyl (C=O) groups excluding carboxylic acids is 1. The SMILES string of the molecule is C/C=C(\C(CCc1ccc2c(c1C)CCN(C1CCOCC1)C2=O)=C(C)C)c1cccc(-n2ncc(C(=O)O)c2OCC)n1. The minimum absolute atomic E-state index is 0.00582. The summed E-state index contributed by atoms with van der Waals surface area (Å²) in [4.78, 5) is 32.1. The molecule has 0 aliphatic carbocycles. The van der Waals surface area contributed by atoms with Gasteiger partial charge in [0.1, 0.15) is 5.56 Å². The van der Waals surface area contributed by atoms with E-state index in [2.05, 4.69) is 42.9 Å². The molecule has 0 spiro atoms. The number of hydrogen-bond donors (Lipinski definition) is 1. The van der Waals surface area contributed by atoms with Crippen molar-refractivity contribution in [2.75, 3.05) is 26.4 Å². The Morgan fingerprint density at radius 1 is 1.18 bits per heavy atom. The fourth-order valence-electron chi connectivity index (χ4n) is 6.44. The predicted octanol–water partition coefficient (Wildman–Crippen LogP) is 6.22. The topological polar surface area (TPSA) is 107 Å². The summed E-state index contributed by atoms with van der Waals surface area (Å²) in [6, 6.07) is 10.1. The molecule has 4 heterocycles. The van der Waals surface area contributed by atoms with Gasteiger partial charge in [0.05, 0.1) is 18.5 Å². The summed E-state index contributed by atoms with van der Waals surface area (Å²) >= 11 is 0. The van der Waals surface area contributed by atoms with Gasteiger partial charge in [-0.15, -0.1) is 0 Å². The molecule has 1 aromatic carbocycles. The van der Waals surface area contributed by atoms with Gasteiger partial charge in [-0.25, -0.2) is 9.78 Å². The van der Waals surface area contributed by atoms with Crippen molar-refractivity contribution in [3.63, 3.8) is 0 Å². The maximum atomic E-state index is 13.5. The van der Waals surface area contributed by atoms with Crippen molar-refractivity contribution in [3.8, 4) is 11.7 Å². The van der Waals surface area contributed by atoms with Gasteiger partial charge in [-0.2, -0.15) is 9.78 Å². The van der Waals surface area contributed by atoms with Crippen LogP contribution in [0.25, 0.3) is 11.4 Å². The van der Waals surface area contributed by atoms with Crippen LogP contribution in [0.3, 0.4) is 0 Å². The maximum Gasteiger partial charge on any atom is 0.342 e. The second-order valence-corrected chi connectivity index (χ2v) is 11.5. The van der Waals surface area contributed by atoms with Gasteiger partial charge < -0.3 is 19.5 Å². The number of carboxylic acids is 1. The molecular formula is C35H42N4O5. The van der Waals surface area contributed by atoms with E-state index in [9.17, 15) is 14.7 Å². The van der Waals surface area contributed by atoms with Crippen LogP contribution in [-0.4, -0.2) is 69.1 Å². The average Bonchev–Trinajstić information content (AvgIpc) is 3.45. The van der Waals surface area contributed by atoms with E-state index < -0.39 is 5.97 Å². The lowest BCUT2D eigenvalue weighted by Crippen LogP contribution is -2.47. The zero-order valence-electron chi connectivity index (χ0n) is 26.4. The lowest BCUT2D eigenvalue weighted by atomic mass is 9.86. The molecule has 0 bridgehead atoms. The number of benzene rings is 1. The summed E-state index contributed by atoms with van der Waals surface area (Å²) in [6.45, 7) is 12.7. The Morgan fingerprint density at radius 2 is 1.95 bits per heavy atom. The first-order chi connectivity index (χ1) is 21.2. The van der Waals surface area contributed by atoms with Crippen LogP contribution < -0.4 is 4.74 Å². The molecule has 2 aliphatic rings. The molecule has 1 N–H and O–H groups in total. The van der Waals surface area contributed by atoms with E-state index in [1.807, 2.05) is 25.1 Å². The minimum atomic E-state index is -1.10. The molecule has 0 radical (unpaired) electrons. The molecule has 44 heavy (non-hydrogen) atoms. The van der Waals surface area contributed by atoms with Crippen molar-refractivity contribution in [1.82, 2.24) is 19.7 Å². The van der Waals surface area contributed by atoms with Crippen LogP contribution in [0.2, 0.25) is 0 Å². The van der Waals surface area contributed by atoms with Gasteiger partial charge in [0.15, 0.2) is 5.82 Å². The lowest BCUT2D eigenvalue weighted by Gasteiger charge is -2.38. The highest BCUT2D eigenvalue weighted by Gasteiger charge is 2.32. The number of fused-ring (bicyclic) bond motifs is 1. The number of aromatic nitrogens is 3. The van der Waals surface area contributed by atoms with Crippen molar-refractivity contribution >= 4 is 17.4 Å². The summed E-state index contributed by atoms with van der Waals surface area (Å²) in [5, 5.41) is 13.9. The minimum Gasteiger partial charge on any atom is -0.477 e. The van der Waals surface area contributed by atoms with Gasteiger partial charge in [-0.1, -0.05) is 23.8 Å². The van der Waals surface area contributed by atoms with E-state index in [0.717, 1.165) is 68.7 Å². The second kappa shape index (κ2) is 13.6. The monoisotopic (exact) mass is 598 g/mol. The summed E-state index contributed by atoms with van der Waals surface area (Å²) in [5.41, 5.74) is 8.69. The Bertz CT molecular complexity index is 1610. The van der Waals surface area contributed by atoms with Crippen molar-refractivity contribution < 1.29 is 24.2 Å². The van der Waals surface area contributed by atoms with Crippen LogP contribution in [0.4, 0.5) is 0 Å². The Kier molecular flexibility index (Phi) is 9.64. The van der Waals surface area contributed by atoms with Gasteiger partial charge in [-0.3, -0.25) is 4.79 Å². The Morgan fingerprint density at radius 3 is 2.64 bits per heavy atom. The van der Waals surface area contributed by atoms with E-state index in [0.29, 0.717) is 12.4 Å². The first-order valence-corrected chi connectivity index (χ1v) is 15.5. The lowest BCUT2D eigenvalue weighted by molar-refractivity contribution is 0.0276. The zero-order chi connectivity index (χ0) is 31.4. The summed E-state index contributed by atoms with van der Waals surface area (Å²) in [5.74, 6) is -0.308. The molecule has 9 heteroatoms. The normalized spacial score (nSPS) is 15.7. The van der Waals surface area contributed by atoms with Gasteiger partial charge >= 0.3 is 5.97 Å². The van der Waals surface area contributed by atoms with E-state index in [4.69, 9.17) is 14.5 Å². The largest absolute Gasteiger partial charge is 0.477 e. The number of carboxylic acid groups (broad SMARTS) is 1. The molecule has 2 aromatic heterocycles. The number of pyridine rings is 1. The summed E-state index contributed by atoms with van der Waals surface area (Å²) in [6.07, 6.45) is 7.71. The zero-order valence-corrected chi connectivity index (χ0v) is 26.4. The number of carbonyl (C=O) groups is 2. The fraction of sp³-hybridized carbons (Fsp3) is 0.429. The quantitative estimate of drug-likeness (QED) is 0.276. The molecule has 3 aromatic rings. The number of amides is 1. The molecule has 1 fully saturated rings. The highest BCUT2D eigenvalue weighted by molar-refractivity contribution is 5.97. The Labute approximate surface area is 259 Å². The molecule has 0 saturated carbocycles. The van der Waals surface area contributed by atoms with E-state index >= 15 is 0 Å². The third kappa shape index (κ3) is 6.19. The number of ether oxygens (including phenoxy) is 2. The molecule has 0 atom stereocenters. The molecule has 9 nitrogen and oxygen atoms in total. The van der Waals surface area contributed by atoms with Gasteiger partial charge in [0.25, 0.3) is 5.91 Å². The third-order valence-corrected chi connectivity index (χ3v) is 8.76. The molecular weight excluding hydrogens is 556 g/mol. The third-order valence-electron chi connectivity index (χ3n) is 8.76. The molecule has 0 unspecified atom stereocenters. The van der Waals surface area contributed by atoms with Crippen LogP contribution in [0.5, 0.6) is 5.88 Å². The van der Waals surface area contributed by atoms with E-state index in [-0.39, 0.29) is 23.4 Å². The van der Waals surface area contributed by atoms with Crippen LogP contribution in [-0.2, 0) is 17.6 Å². The van der Waals surface area contributed by atoms with Gasteiger partial charge in [0, 0.05) is 31.4 Å². The van der Waals surface area contributed by atoms with Crippen LogP contribution in [0, 0.1) is 6.92 Å². The summed E-state index contributed by atoms with van der Waals surface area (Å²) in [7, 11) is 0. The summed E-state index contributed by atoms with van der Waals surface area (Å²) < 4.78 is 12.6. The molecule has 2 aliphatic heterocycles. The predicted molar refractivity (Wildman–Crippen MR) is 170 cm³/mol. The smallest absolute Gasteiger partial charge is 0.342 e. The molecule has 232 valence electrons. The number of nitrogens with zero attached hydrogens (tertiary/aromatic N) is 4. The van der Waals surface area contributed by atoms with E-state index in [1.54, 1.807) is 13.0 Å². The standard InChI is InChI=1S/C35H42N4O5/c1-6-26(31-9-8-10-32(37-31)39-34(44-7-2)30(21-36-39)35(41)42)27(22(3)4)13-11-24-12-14-29-28(23(24)5)15-18-38(33(29)40)25-16-19-43-20-17-25/h6,8-10,12,14,21,25H,7,11,13,15-20H2,1-5H3,(H,41,42)/b26-6+. The number of aromatic carboxylic acids is 1. The average molecular weight is 599 g/mol. The number of allylic oxidation sites excluding steroid dienone is 4.